The van der Waals surface area contributed by atoms with E-state index in [2.05, 4.69) is 20.4 Å². The number of anilines is 1. The molecule has 0 spiro atoms. The van der Waals surface area contributed by atoms with Crippen LogP contribution in [0.2, 0.25) is 0 Å². The van der Waals surface area contributed by atoms with Crippen LogP contribution in [0.15, 0.2) is 24.3 Å². The second-order valence-electron chi connectivity index (χ2n) is 5.86. The van der Waals surface area contributed by atoms with E-state index in [1.165, 1.54) is 23.5 Å². The average molecular weight is 404 g/mol. The number of halogens is 3. The summed E-state index contributed by atoms with van der Waals surface area (Å²) in [6, 6.07) is 6.31. The number of thiazole rings is 1. The van der Waals surface area contributed by atoms with Crippen LogP contribution < -0.4 is 15.4 Å². The van der Waals surface area contributed by atoms with Crippen molar-refractivity contribution in [3.8, 4) is 17.0 Å². The molecule has 3 rings (SSSR count). The van der Waals surface area contributed by atoms with Gasteiger partial charge in [-0.1, -0.05) is 0 Å². The third-order valence-corrected chi connectivity index (χ3v) is 4.93. The van der Waals surface area contributed by atoms with E-state index in [9.17, 15) is 13.6 Å². The first-order valence-electron chi connectivity index (χ1n) is 8.07. The highest BCUT2D eigenvalue weighted by molar-refractivity contribution is 7.16. The summed E-state index contributed by atoms with van der Waals surface area (Å²) in [5.74, 6) is 0.0466. The van der Waals surface area contributed by atoms with E-state index in [0.29, 0.717) is 11.7 Å². The Bertz CT molecular complexity index is 734. The Labute approximate surface area is 160 Å². The number of amides is 1. The van der Waals surface area contributed by atoms with Gasteiger partial charge in [0.1, 0.15) is 5.75 Å². The average Bonchev–Trinajstić information content (AvgIpc) is 2.96. The van der Waals surface area contributed by atoms with Crippen LogP contribution in [0, 0.1) is 12.8 Å². The van der Waals surface area contributed by atoms with Gasteiger partial charge in [0.15, 0.2) is 5.13 Å². The van der Waals surface area contributed by atoms with Crippen molar-refractivity contribution in [2.24, 2.45) is 5.92 Å². The van der Waals surface area contributed by atoms with Crippen molar-refractivity contribution >= 4 is 34.8 Å². The molecule has 26 heavy (non-hydrogen) atoms. The molecular formula is C17H20ClF2N3O2S. The van der Waals surface area contributed by atoms with Gasteiger partial charge in [0, 0.05) is 17.0 Å². The van der Waals surface area contributed by atoms with Crippen LogP contribution in [0.1, 0.15) is 17.7 Å². The molecule has 1 aromatic carbocycles. The zero-order valence-corrected chi connectivity index (χ0v) is 15.8. The summed E-state index contributed by atoms with van der Waals surface area (Å²) in [5, 5.41) is 6.66. The molecule has 1 atom stereocenters. The fourth-order valence-corrected chi connectivity index (χ4v) is 3.63. The van der Waals surface area contributed by atoms with Crippen molar-refractivity contribution in [3.63, 3.8) is 0 Å². The summed E-state index contributed by atoms with van der Waals surface area (Å²) < 4.78 is 28.8. The van der Waals surface area contributed by atoms with Gasteiger partial charge in [0.2, 0.25) is 5.91 Å². The second-order valence-corrected chi connectivity index (χ2v) is 7.06. The summed E-state index contributed by atoms with van der Waals surface area (Å²) in [4.78, 5) is 17.7. The topological polar surface area (TPSA) is 63.2 Å². The molecule has 1 aliphatic rings. The predicted octanol–water partition coefficient (Wildman–Crippen LogP) is 4.08. The van der Waals surface area contributed by atoms with Crippen LogP contribution in [0.25, 0.3) is 11.3 Å². The lowest BCUT2D eigenvalue weighted by molar-refractivity contribution is -0.120. The molecule has 2 aromatic rings. The summed E-state index contributed by atoms with van der Waals surface area (Å²) >= 11 is 1.40. The maximum absolute atomic E-state index is 12.3. The minimum absolute atomic E-state index is 0. The van der Waals surface area contributed by atoms with Gasteiger partial charge in [-0.25, -0.2) is 4.98 Å². The van der Waals surface area contributed by atoms with Crippen molar-refractivity contribution in [2.75, 3.05) is 18.4 Å². The number of hydrogen-bond donors (Lipinski definition) is 2. The van der Waals surface area contributed by atoms with Crippen molar-refractivity contribution in [1.29, 1.82) is 0 Å². The monoisotopic (exact) mass is 403 g/mol. The first-order valence-corrected chi connectivity index (χ1v) is 8.89. The van der Waals surface area contributed by atoms with Crippen LogP contribution >= 0.6 is 23.7 Å². The summed E-state index contributed by atoms with van der Waals surface area (Å²) in [6.07, 6.45) is 1.87. The molecule has 2 N–H and O–H groups in total. The van der Waals surface area contributed by atoms with Gasteiger partial charge in [-0.3, -0.25) is 4.79 Å². The number of carbonyl (C=O) groups is 1. The smallest absolute Gasteiger partial charge is 0.387 e. The van der Waals surface area contributed by atoms with Gasteiger partial charge in [0.25, 0.3) is 0 Å². The van der Waals surface area contributed by atoms with E-state index in [1.54, 1.807) is 12.1 Å². The molecule has 1 fully saturated rings. The zero-order valence-electron chi connectivity index (χ0n) is 14.1. The minimum atomic E-state index is -2.84. The molecule has 0 aliphatic carbocycles. The summed E-state index contributed by atoms with van der Waals surface area (Å²) in [5.41, 5.74) is 1.51. The van der Waals surface area contributed by atoms with E-state index < -0.39 is 6.61 Å². The number of aromatic nitrogens is 1. The maximum atomic E-state index is 12.3. The second kappa shape index (κ2) is 9.25. The molecule has 1 saturated heterocycles. The van der Waals surface area contributed by atoms with Crippen LogP contribution in [0.3, 0.4) is 0 Å². The molecule has 1 aliphatic heterocycles. The van der Waals surface area contributed by atoms with Gasteiger partial charge < -0.3 is 15.4 Å². The van der Waals surface area contributed by atoms with Crippen molar-refractivity contribution < 1.29 is 18.3 Å². The number of rotatable bonds is 5. The molecule has 0 bridgehead atoms. The van der Waals surface area contributed by atoms with Crippen LogP contribution in [0.5, 0.6) is 5.75 Å². The Hall–Kier alpha value is -1.77. The van der Waals surface area contributed by atoms with Gasteiger partial charge in [-0.15, -0.1) is 23.7 Å². The van der Waals surface area contributed by atoms with Crippen LogP contribution in [0.4, 0.5) is 13.9 Å². The molecule has 1 amide bonds. The van der Waals surface area contributed by atoms with E-state index >= 15 is 0 Å². The fourth-order valence-electron chi connectivity index (χ4n) is 2.80. The standard InChI is InChI=1S/C17H19F2N3O2S.ClH/c1-10-14(11-4-6-13(7-5-11)24-16(18)19)21-17(25-10)22-15(23)12-3-2-8-20-9-12;/h4-7,12,16,20H,2-3,8-9H2,1H3,(H,21,22,23);1H. The van der Waals surface area contributed by atoms with E-state index in [0.717, 1.165) is 35.5 Å². The highest BCUT2D eigenvalue weighted by Gasteiger charge is 2.22. The highest BCUT2D eigenvalue weighted by Crippen LogP contribution is 2.32. The Morgan fingerprint density at radius 2 is 2.12 bits per heavy atom. The van der Waals surface area contributed by atoms with Crippen LogP contribution in [-0.2, 0) is 4.79 Å². The quantitative estimate of drug-likeness (QED) is 0.789. The van der Waals surface area contributed by atoms with E-state index in [4.69, 9.17) is 0 Å². The van der Waals surface area contributed by atoms with Crippen molar-refractivity contribution in [1.82, 2.24) is 10.3 Å². The molecule has 2 heterocycles. The lowest BCUT2D eigenvalue weighted by atomic mass is 9.99. The SMILES string of the molecule is Cc1sc(NC(=O)C2CCCNC2)nc1-c1ccc(OC(F)F)cc1.Cl. The Balaban J connectivity index is 0.00000243. The largest absolute Gasteiger partial charge is 0.435 e. The number of alkyl halides is 2. The van der Waals surface area contributed by atoms with Gasteiger partial charge in [-0.2, -0.15) is 8.78 Å². The maximum Gasteiger partial charge on any atom is 0.387 e. The summed E-state index contributed by atoms with van der Waals surface area (Å²) in [7, 11) is 0. The number of nitrogens with one attached hydrogen (secondary N) is 2. The molecule has 1 unspecified atom stereocenters. The van der Waals surface area contributed by atoms with E-state index in [1.807, 2.05) is 6.92 Å². The predicted molar refractivity (Wildman–Crippen MR) is 100 cm³/mol. The number of ether oxygens (including phenoxy) is 1. The van der Waals surface area contributed by atoms with E-state index in [-0.39, 0.29) is 30.0 Å². The molecule has 0 radical (unpaired) electrons. The lowest BCUT2D eigenvalue weighted by Crippen LogP contribution is -2.37. The highest BCUT2D eigenvalue weighted by atomic mass is 35.5. The van der Waals surface area contributed by atoms with Crippen molar-refractivity contribution in [2.45, 2.75) is 26.4 Å². The number of carbonyl (C=O) groups excluding carboxylic acids is 1. The first-order chi connectivity index (χ1) is 12.0. The molecule has 142 valence electrons. The van der Waals surface area contributed by atoms with Crippen molar-refractivity contribution in [3.05, 3.63) is 29.1 Å². The molecule has 0 saturated carbocycles. The lowest BCUT2D eigenvalue weighted by Gasteiger charge is -2.21. The number of aryl methyl sites for hydroxylation is 1. The molecule has 1 aromatic heterocycles. The molecule has 5 nitrogen and oxygen atoms in total. The molecule has 9 heteroatoms. The Morgan fingerprint density at radius 3 is 2.73 bits per heavy atom. The van der Waals surface area contributed by atoms with Gasteiger partial charge >= 0.3 is 6.61 Å². The molecular weight excluding hydrogens is 384 g/mol. The number of piperidine rings is 1. The number of benzene rings is 1. The first kappa shape index (κ1) is 20.5. The normalized spacial score (nSPS) is 16.8. The number of hydrogen-bond acceptors (Lipinski definition) is 5. The van der Waals surface area contributed by atoms with Gasteiger partial charge in [-0.05, 0) is 50.6 Å². The Kier molecular flexibility index (Phi) is 7.31. The Morgan fingerprint density at radius 1 is 1.38 bits per heavy atom. The zero-order chi connectivity index (χ0) is 17.8. The van der Waals surface area contributed by atoms with Crippen LogP contribution in [-0.4, -0.2) is 30.6 Å². The third kappa shape index (κ3) is 5.12. The fraction of sp³-hybridized carbons (Fsp3) is 0.412. The third-order valence-electron chi connectivity index (χ3n) is 4.05. The summed E-state index contributed by atoms with van der Waals surface area (Å²) in [6.45, 7) is 0.710. The van der Waals surface area contributed by atoms with Gasteiger partial charge in [0.05, 0.1) is 11.6 Å². The minimum Gasteiger partial charge on any atom is -0.435 e. The number of nitrogens with zero attached hydrogens (tertiary/aromatic N) is 1.